The molecule has 0 bridgehead atoms. The quantitative estimate of drug-likeness (QED) is 0.144. The van der Waals surface area contributed by atoms with Gasteiger partial charge in [-0.25, -0.2) is 0 Å². The van der Waals surface area contributed by atoms with Crippen molar-refractivity contribution in [1.29, 1.82) is 0 Å². The third-order valence-electron chi connectivity index (χ3n) is 15.6. The topological polar surface area (TPSA) is 3.24 Å². The Morgan fingerprint density at radius 1 is 0.313 bits per heavy atom. The zero-order chi connectivity index (χ0) is 44.9. The van der Waals surface area contributed by atoms with Crippen LogP contribution in [0.1, 0.15) is 48.6 Å². The standard InChI is InChI=1S/C65H49NSi/c1-64(2)58-32-15-10-27-52(58)55-38-37-48(43-61(55)64)66(47-24-20-23-46(41-47)65(3)59-33-16-11-28-53(59)54-29-12-17-34-60(54)65)49-39-45(44-21-6-4-7-22-44)40-51(42-49)67(50-25-8-5-9-26-50)62-35-18-13-30-56(62)57-31-14-19-36-63(57)67/h4-43H,1-3H3. The molecule has 0 atom stereocenters. The van der Waals surface area contributed by atoms with Gasteiger partial charge < -0.3 is 4.90 Å². The lowest BCUT2D eigenvalue weighted by Gasteiger charge is -2.35. The largest absolute Gasteiger partial charge is 0.310 e. The zero-order valence-corrected chi connectivity index (χ0v) is 39.0. The predicted octanol–water partition coefficient (Wildman–Crippen LogP) is 13.8. The van der Waals surface area contributed by atoms with Crippen molar-refractivity contribution in [3.63, 3.8) is 0 Å². The van der Waals surface area contributed by atoms with Gasteiger partial charge in [-0.2, -0.15) is 0 Å². The molecule has 1 aliphatic heterocycles. The van der Waals surface area contributed by atoms with E-state index in [4.69, 9.17) is 0 Å². The van der Waals surface area contributed by atoms with E-state index >= 15 is 0 Å². The molecule has 67 heavy (non-hydrogen) atoms. The van der Waals surface area contributed by atoms with Crippen LogP contribution >= 0.6 is 0 Å². The molecule has 318 valence electrons. The van der Waals surface area contributed by atoms with Crippen LogP contribution < -0.4 is 25.6 Å². The van der Waals surface area contributed by atoms with Crippen molar-refractivity contribution in [2.24, 2.45) is 0 Å². The fourth-order valence-electron chi connectivity index (χ4n) is 12.5. The van der Waals surface area contributed by atoms with Crippen molar-refractivity contribution in [3.8, 4) is 44.5 Å². The lowest BCUT2D eigenvalue weighted by Crippen LogP contribution is -2.72. The highest BCUT2D eigenvalue weighted by Crippen LogP contribution is 2.54. The van der Waals surface area contributed by atoms with E-state index in [9.17, 15) is 0 Å². The molecule has 13 rings (SSSR count). The number of hydrogen-bond acceptors (Lipinski definition) is 1. The Balaban J connectivity index is 1.11. The minimum absolute atomic E-state index is 0.168. The van der Waals surface area contributed by atoms with Crippen LogP contribution in [0, 0.1) is 0 Å². The molecule has 2 aliphatic carbocycles. The summed E-state index contributed by atoms with van der Waals surface area (Å²) in [5.74, 6) is 0. The minimum Gasteiger partial charge on any atom is -0.310 e. The molecule has 3 aliphatic rings. The van der Waals surface area contributed by atoms with Crippen molar-refractivity contribution in [1.82, 2.24) is 0 Å². The monoisotopic (exact) mass is 871 g/mol. The number of fused-ring (bicyclic) bond motifs is 9. The predicted molar refractivity (Wildman–Crippen MR) is 284 cm³/mol. The maximum atomic E-state index is 2.56. The Morgan fingerprint density at radius 3 is 1.46 bits per heavy atom. The molecule has 0 saturated carbocycles. The van der Waals surface area contributed by atoms with E-state index in [-0.39, 0.29) is 10.8 Å². The second kappa shape index (κ2) is 14.9. The van der Waals surface area contributed by atoms with E-state index in [1.807, 2.05) is 0 Å². The van der Waals surface area contributed by atoms with Crippen LogP contribution in [0.15, 0.2) is 243 Å². The summed E-state index contributed by atoms with van der Waals surface area (Å²) in [5.41, 5.74) is 20.0. The summed E-state index contributed by atoms with van der Waals surface area (Å²) in [5, 5.41) is 5.64. The molecule has 0 spiro atoms. The molecule has 1 nitrogen and oxygen atoms in total. The molecule has 0 aromatic heterocycles. The lowest BCUT2D eigenvalue weighted by molar-refractivity contribution is 0.660. The maximum Gasteiger partial charge on any atom is 0.180 e. The molecule has 1 heterocycles. The Kier molecular flexibility index (Phi) is 8.78. The van der Waals surface area contributed by atoms with Crippen molar-refractivity contribution >= 4 is 45.9 Å². The highest BCUT2D eigenvalue weighted by atomic mass is 28.3. The molecule has 0 fully saturated rings. The van der Waals surface area contributed by atoms with Crippen LogP contribution in [0.5, 0.6) is 0 Å². The second-order valence-corrected chi connectivity index (χ2v) is 23.1. The Hall–Kier alpha value is -7.78. The molecular formula is C65H49NSi. The summed E-state index contributed by atoms with van der Waals surface area (Å²) in [6, 6.07) is 92.0. The van der Waals surface area contributed by atoms with Crippen molar-refractivity contribution in [2.45, 2.75) is 31.6 Å². The minimum atomic E-state index is -2.90. The molecular weight excluding hydrogens is 823 g/mol. The molecule has 10 aromatic rings. The molecule has 10 aromatic carbocycles. The average molecular weight is 872 g/mol. The molecule has 0 amide bonds. The number of anilines is 3. The summed E-state index contributed by atoms with van der Waals surface area (Å²) >= 11 is 0. The normalized spacial score (nSPS) is 14.9. The Labute approximate surface area is 395 Å². The van der Waals surface area contributed by atoms with Gasteiger partial charge in [0.25, 0.3) is 0 Å². The summed E-state index contributed by atoms with van der Waals surface area (Å²) in [6.07, 6.45) is 0. The van der Waals surface area contributed by atoms with E-state index in [2.05, 4.69) is 268 Å². The molecule has 0 saturated heterocycles. The molecule has 0 N–H and O–H groups in total. The Morgan fingerprint density at radius 2 is 0.821 bits per heavy atom. The van der Waals surface area contributed by atoms with E-state index in [1.54, 1.807) is 0 Å². The van der Waals surface area contributed by atoms with Crippen LogP contribution in [0.3, 0.4) is 0 Å². The van der Waals surface area contributed by atoms with Gasteiger partial charge in [0.05, 0.1) is 0 Å². The smallest absolute Gasteiger partial charge is 0.180 e. The van der Waals surface area contributed by atoms with Crippen LogP contribution in [-0.4, -0.2) is 8.07 Å². The van der Waals surface area contributed by atoms with Crippen LogP contribution in [0.25, 0.3) is 44.5 Å². The van der Waals surface area contributed by atoms with Gasteiger partial charge in [0, 0.05) is 27.9 Å². The van der Waals surface area contributed by atoms with Gasteiger partial charge in [0.1, 0.15) is 0 Å². The maximum absolute atomic E-state index is 2.90. The van der Waals surface area contributed by atoms with Gasteiger partial charge in [0.2, 0.25) is 0 Å². The summed E-state index contributed by atoms with van der Waals surface area (Å²) < 4.78 is 0. The summed E-state index contributed by atoms with van der Waals surface area (Å²) in [7, 11) is -2.90. The van der Waals surface area contributed by atoms with E-state index in [1.165, 1.54) is 93.1 Å². The average Bonchev–Trinajstić information content (AvgIpc) is 3.93. The first-order valence-corrected chi connectivity index (χ1v) is 25.7. The molecule has 2 heteroatoms. The van der Waals surface area contributed by atoms with E-state index in [0.29, 0.717) is 0 Å². The first-order valence-electron chi connectivity index (χ1n) is 23.7. The summed E-state index contributed by atoms with van der Waals surface area (Å²) in [6.45, 7) is 7.20. The van der Waals surface area contributed by atoms with Crippen LogP contribution in [0.4, 0.5) is 17.1 Å². The van der Waals surface area contributed by atoms with Gasteiger partial charge >= 0.3 is 0 Å². The SMILES string of the molecule is CC1(C)c2ccccc2-c2ccc(N(c3cccc(C4(C)c5ccccc5-c5ccccc54)c3)c3cc(-c4ccccc4)cc([Si]4(c5ccccc5)c5ccccc5-c5ccccc54)c3)cc21. The van der Waals surface area contributed by atoms with Gasteiger partial charge in [-0.15, -0.1) is 0 Å². The van der Waals surface area contributed by atoms with Crippen LogP contribution in [-0.2, 0) is 10.8 Å². The van der Waals surface area contributed by atoms with Crippen molar-refractivity contribution in [2.75, 3.05) is 4.90 Å². The lowest BCUT2D eigenvalue weighted by atomic mass is 9.74. The first-order chi connectivity index (χ1) is 32.9. The zero-order valence-electron chi connectivity index (χ0n) is 38.0. The van der Waals surface area contributed by atoms with Crippen molar-refractivity contribution in [3.05, 3.63) is 270 Å². The van der Waals surface area contributed by atoms with Gasteiger partial charge in [0.15, 0.2) is 8.07 Å². The van der Waals surface area contributed by atoms with Gasteiger partial charge in [-0.1, -0.05) is 220 Å². The second-order valence-electron chi connectivity index (χ2n) is 19.3. The molecule has 0 radical (unpaired) electrons. The number of benzene rings is 10. The Bertz CT molecular complexity index is 3490. The van der Waals surface area contributed by atoms with Crippen LogP contribution in [0.2, 0.25) is 0 Å². The van der Waals surface area contributed by atoms with E-state index < -0.39 is 8.07 Å². The highest BCUT2D eigenvalue weighted by Gasteiger charge is 2.49. The fraction of sp³-hybridized carbons (Fsp3) is 0.0769. The first kappa shape index (κ1) is 39.6. The summed E-state index contributed by atoms with van der Waals surface area (Å²) in [4.78, 5) is 2.56. The fourth-order valence-corrected chi connectivity index (χ4v) is 17.7. The highest BCUT2D eigenvalue weighted by molar-refractivity contribution is 7.22. The van der Waals surface area contributed by atoms with Gasteiger partial charge in [-0.3, -0.25) is 0 Å². The number of rotatable bonds is 7. The van der Waals surface area contributed by atoms with E-state index in [0.717, 1.165) is 17.1 Å². The van der Waals surface area contributed by atoms with Gasteiger partial charge in [-0.05, 0) is 136 Å². The number of hydrogen-bond donors (Lipinski definition) is 0. The van der Waals surface area contributed by atoms with Crippen molar-refractivity contribution < 1.29 is 0 Å². The third kappa shape index (κ3) is 5.66. The number of nitrogens with zero attached hydrogens (tertiary/aromatic N) is 1. The molecule has 0 unspecified atom stereocenters. The third-order valence-corrected chi connectivity index (χ3v) is 20.4.